The summed E-state index contributed by atoms with van der Waals surface area (Å²) in [7, 11) is 0. The van der Waals surface area contributed by atoms with Crippen LogP contribution in [0.3, 0.4) is 0 Å². The van der Waals surface area contributed by atoms with E-state index in [2.05, 4.69) is 39.0 Å². The van der Waals surface area contributed by atoms with E-state index in [9.17, 15) is 0 Å². The average Bonchev–Trinajstić information content (AvgIpc) is 2.62. The Bertz CT molecular complexity index is 574. The van der Waals surface area contributed by atoms with Gasteiger partial charge in [0.1, 0.15) is 0 Å². The second kappa shape index (κ2) is 3.49. The zero-order valence-corrected chi connectivity index (χ0v) is 10.7. The lowest BCUT2D eigenvalue weighted by Gasteiger charge is -2.07. The quantitative estimate of drug-likeness (QED) is 0.679. The van der Waals surface area contributed by atoms with Gasteiger partial charge in [0.2, 0.25) is 0 Å². The summed E-state index contributed by atoms with van der Waals surface area (Å²) in [5, 5.41) is 2.04. The number of hydrogen-bond donors (Lipinski definition) is 0. The number of nitrogens with zero attached hydrogens (tertiary/aromatic N) is 1. The van der Waals surface area contributed by atoms with Crippen molar-refractivity contribution >= 4 is 22.7 Å². The van der Waals surface area contributed by atoms with Gasteiger partial charge in [-0.15, -0.1) is 11.8 Å². The number of aromatic nitrogens is 1. The fourth-order valence-corrected chi connectivity index (χ4v) is 3.73. The summed E-state index contributed by atoms with van der Waals surface area (Å²) in [5.41, 5.74) is 5.14. The van der Waals surface area contributed by atoms with Crippen LogP contribution in [0, 0.1) is 13.8 Å². The third kappa shape index (κ3) is 1.44. The molecule has 0 aliphatic carbocycles. The zero-order valence-electron chi connectivity index (χ0n) is 9.87. The summed E-state index contributed by atoms with van der Waals surface area (Å²) in [6.07, 6.45) is 1.17. The van der Waals surface area contributed by atoms with E-state index >= 15 is 0 Å². The first-order valence-corrected chi connectivity index (χ1v) is 6.59. The zero-order chi connectivity index (χ0) is 11.3. The van der Waals surface area contributed by atoms with Crippen molar-refractivity contribution in [2.45, 2.75) is 37.3 Å². The van der Waals surface area contributed by atoms with Gasteiger partial charge in [-0.25, -0.2) is 0 Å². The molecule has 1 aliphatic heterocycles. The largest absolute Gasteiger partial charge is 0.253 e. The van der Waals surface area contributed by atoms with Crippen molar-refractivity contribution in [2.75, 3.05) is 0 Å². The van der Waals surface area contributed by atoms with E-state index in [0.29, 0.717) is 5.25 Å². The Morgan fingerprint density at radius 3 is 2.94 bits per heavy atom. The molecule has 0 N–H and O–H groups in total. The maximum Gasteiger partial charge on any atom is 0.0716 e. The number of rotatable bonds is 0. The highest BCUT2D eigenvalue weighted by atomic mass is 32.2. The average molecular weight is 229 g/mol. The first-order chi connectivity index (χ1) is 7.65. The number of aryl methyl sites for hydroxylation is 2. The molecule has 0 amide bonds. The number of fused-ring (bicyclic) bond motifs is 3. The normalized spacial score (nSPS) is 19.1. The topological polar surface area (TPSA) is 12.9 Å². The lowest BCUT2D eigenvalue weighted by molar-refractivity contribution is 0.936. The molecule has 1 aromatic heterocycles. The minimum Gasteiger partial charge on any atom is -0.253 e. The van der Waals surface area contributed by atoms with Crippen molar-refractivity contribution in [2.24, 2.45) is 0 Å². The fourth-order valence-electron chi connectivity index (χ4n) is 2.41. The van der Waals surface area contributed by atoms with E-state index in [1.165, 1.54) is 33.5 Å². The molecule has 0 saturated heterocycles. The standard InChI is InChI=1S/C14H15NS/c1-8-4-5-13-12(6-8)14-11(10(3)15-13)7-9(2)16-14/h4-6,9H,7H2,1-3H3/t9-/m0/s1. The first kappa shape index (κ1) is 10.2. The van der Waals surface area contributed by atoms with E-state index in [-0.39, 0.29) is 0 Å². The van der Waals surface area contributed by atoms with Crippen molar-refractivity contribution < 1.29 is 0 Å². The number of thioether (sulfide) groups is 1. The molecule has 0 fully saturated rings. The van der Waals surface area contributed by atoms with Crippen LogP contribution < -0.4 is 0 Å². The summed E-state index contributed by atoms with van der Waals surface area (Å²) in [6, 6.07) is 6.55. The van der Waals surface area contributed by atoms with Crippen LogP contribution in [-0.4, -0.2) is 10.2 Å². The molecule has 1 nitrogen and oxygen atoms in total. The Kier molecular flexibility index (Phi) is 2.21. The molecule has 0 bridgehead atoms. The van der Waals surface area contributed by atoms with Gasteiger partial charge in [0.25, 0.3) is 0 Å². The molecule has 2 heterocycles. The van der Waals surface area contributed by atoms with E-state index in [1.807, 2.05) is 11.8 Å². The third-order valence-corrected chi connectivity index (χ3v) is 4.48. The third-order valence-electron chi connectivity index (χ3n) is 3.21. The highest BCUT2D eigenvalue weighted by Gasteiger charge is 2.23. The molecule has 2 heteroatoms. The molecular formula is C14H15NS. The van der Waals surface area contributed by atoms with Crippen LogP contribution in [0.25, 0.3) is 10.9 Å². The highest BCUT2D eigenvalue weighted by Crippen LogP contribution is 2.42. The van der Waals surface area contributed by atoms with Crippen molar-refractivity contribution in [3.63, 3.8) is 0 Å². The highest BCUT2D eigenvalue weighted by molar-refractivity contribution is 8.00. The molecule has 1 aliphatic rings. The molecule has 0 radical (unpaired) electrons. The summed E-state index contributed by atoms with van der Waals surface area (Å²) in [4.78, 5) is 6.18. The molecule has 0 unspecified atom stereocenters. The van der Waals surface area contributed by atoms with Crippen molar-refractivity contribution in [3.05, 3.63) is 35.0 Å². The monoisotopic (exact) mass is 229 g/mol. The van der Waals surface area contributed by atoms with Gasteiger partial charge in [-0.2, -0.15) is 0 Å². The van der Waals surface area contributed by atoms with Gasteiger partial charge in [0.05, 0.1) is 5.52 Å². The van der Waals surface area contributed by atoms with Gasteiger partial charge in [-0.1, -0.05) is 18.6 Å². The number of benzene rings is 1. The van der Waals surface area contributed by atoms with E-state index in [1.54, 1.807) is 0 Å². The maximum absolute atomic E-state index is 4.71. The fraction of sp³-hybridized carbons (Fsp3) is 0.357. The van der Waals surface area contributed by atoms with Crippen LogP contribution in [-0.2, 0) is 6.42 Å². The van der Waals surface area contributed by atoms with E-state index in [0.717, 1.165) is 5.52 Å². The molecule has 1 aromatic carbocycles. The minimum atomic E-state index is 0.696. The lowest BCUT2D eigenvalue weighted by Crippen LogP contribution is -1.96. The lowest BCUT2D eigenvalue weighted by atomic mass is 10.0. The summed E-state index contributed by atoms with van der Waals surface area (Å²) in [5.74, 6) is 0. The predicted molar refractivity (Wildman–Crippen MR) is 70.2 cm³/mol. The molecule has 82 valence electrons. The Hall–Kier alpha value is -1.02. The van der Waals surface area contributed by atoms with Crippen LogP contribution in [0.15, 0.2) is 23.1 Å². The van der Waals surface area contributed by atoms with Crippen LogP contribution in [0.1, 0.15) is 23.7 Å². The van der Waals surface area contributed by atoms with Crippen molar-refractivity contribution in [1.82, 2.24) is 4.98 Å². The van der Waals surface area contributed by atoms with Gasteiger partial charge in [-0.3, -0.25) is 4.98 Å². The van der Waals surface area contributed by atoms with Crippen molar-refractivity contribution in [1.29, 1.82) is 0 Å². The van der Waals surface area contributed by atoms with Gasteiger partial charge in [-0.05, 0) is 38.0 Å². The van der Waals surface area contributed by atoms with Crippen LogP contribution in [0.5, 0.6) is 0 Å². The Morgan fingerprint density at radius 1 is 1.31 bits per heavy atom. The van der Waals surface area contributed by atoms with E-state index in [4.69, 9.17) is 4.98 Å². The molecule has 2 aromatic rings. The molecular weight excluding hydrogens is 214 g/mol. The number of hydrogen-bond acceptors (Lipinski definition) is 2. The summed E-state index contributed by atoms with van der Waals surface area (Å²) >= 11 is 2.00. The minimum absolute atomic E-state index is 0.696. The molecule has 1 atom stereocenters. The van der Waals surface area contributed by atoms with Crippen LogP contribution >= 0.6 is 11.8 Å². The summed E-state index contributed by atoms with van der Waals surface area (Å²) in [6.45, 7) is 6.58. The Morgan fingerprint density at radius 2 is 2.12 bits per heavy atom. The molecule has 16 heavy (non-hydrogen) atoms. The maximum atomic E-state index is 4.71. The Labute approximate surface area is 100 Å². The van der Waals surface area contributed by atoms with Crippen LogP contribution in [0.2, 0.25) is 0 Å². The molecule has 0 saturated carbocycles. The van der Waals surface area contributed by atoms with Crippen molar-refractivity contribution in [3.8, 4) is 0 Å². The van der Waals surface area contributed by atoms with E-state index < -0.39 is 0 Å². The predicted octanol–water partition coefficient (Wildman–Crippen LogP) is 3.89. The summed E-state index contributed by atoms with van der Waals surface area (Å²) < 4.78 is 0. The molecule has 3 rings (SSSR count). The smallest absolute Gasteiger partial charge is 0.0716 e. The second-order valence-electron chi connectivity index (χ2n) is 4.66. The van der Waals surface area contributed by atoms with Gasteiger partial charge in [0, 0.05) is 21.2 Å². The Balaban J connectivity index is 2.38. The second-order valence-corrected chi connectivity index (χ2v) is 6.11. The van der Waals surface area contributed by atoms with Crippen LogP contribution in [0.4, 0.5) is 0 Å². The molecule has 0 spiro atoms. The van der Waals surface area contributed by atoms with Gasteiger partial charge in [0.15, 0.2) is 0 Å². The van der Waals surface area contributed by atoms with Gasteiger partial charge >= 0.3 is 0 Å². The SMILES string of the molecule is Cc1ccc2nc(C)c3c(c2c1)S[C@@H](C)C3. The first-order valence-electron chi connectivity index (χ1n) is 5.71. The van der Waals surface area contributed by atoms with Gasteiger partial charge < -0.3 is 0 Å². The number of pyridine rings is 1.